The van der Waals surface area contributed by atoms with Crippen molar-refractivity contribution in [2.45, 2.75) is 18.9 Å². The summed E-state index contributed by atoms with van der Waals surface area (Å²) >= 11 is 0. The van der Waals surface area contributed by atoms with E-state index in [2.05, 4.69) is 17.1 Å². The molecule has 1 unspecified atom stereocenters. The molecule has 6 heteroatoms. The molecule has 164 valence electrons. The average molecular weight is 437 g/mol. The Bertz CT molecular complexity index is 1520. The minimum Gasteiger partial charge on any atom is -0.338 e. The third kappa shape index (κ3) is 3.91. The monoisotopic (exact) mass is 436 g/mol. The standard InChI is InChI=1S/C27H24N4O2/c1-29-19-28-17-23(29)16-21(20-10-4-2-5-11-20)18-30-25-15-9-8-14-24(25)26(32)31(27(30)33)22-12-6-3-7-13-22/h2-15,17,19,21H,16,18H2,1H3. The SMILES string of the molecule is Cn1cncc1CC(Cn1c(=O)n(-c2ccccc2)c(=O)c2ccccc21)c1ccccc1. The van der Waals surface area contributed by atoms with Crippen LogP contribution in [0.5, 0.6) is 0 Å². The fourth-order valence-corrected chi connectivity index (χ4v) is 4.37. The van der Waals surface area contributed by atoms with Crippen molar-refractivity contribution in [1.29, 1.82) is 0 Å². The van der Waals surface area contributed by atoms with Crippen LogP contribution in [0.3, 0.4) is 0 Å². The molecule has 2 heterocycles. The second-order valence-electron chi connectivity index (χ2n) is 8.19. The van der Waals surface area contributed by atoms with E-state index in [4.69, 9.17) is 0 Å². The van der Waals surface area contributed by atoms with Crippen molar-refractivity contribution in [2.24, 2.45) is 7.05 Å². The van der Waals surface area contributed by atoms with E-state index in [0.717, 1.165) is 11.3 Å². The van der Waals surface area contributed by atoms with Gasteiger partial charge in [0.1, 0.15) is 0 Å². The maximum atomic E-state index is 13.7. The molecular formula is C27H24N4O2. The molecule has 6 nitrogen and oxygen atoms in total. The molecule has 0 aliphatic carbocycles. The Labute approximate surface area is 191 Å². The van der Waals surface area contributed by atoms with Gasteiger partial charge < -0.3 is 4.57 Å². The van der Waals surface area contributed by atoms with Crippen LogP contribution in [0.15, 0.2) is 107 Å². The Morgan fingerprint density at radius 1 is 0.848 bits per heavy atom. The summed E-state index contributed by atoms with van der Waals surface area (Å²) in [4.78, 5) is 31.3. The third-order valence-electron chi connectivity index (χ3n) is 6.11. The minimum absolute atomic E-state index is 0.0180. The lowest BCUT2D eigenvalue weighted by Gasteiger charge is -2.21. The summed E-state index contributed by atoms with van der Waals surface area (Å²) in [5, 5.41) is 0.522. The minimum atomic E-state index is -0.337. The highest BCUT2D eigenvalue weighted by molar-refractivity contribution is 5.78. The van der Waals surface area contributed by atoms with Crippen molar-refractivity contribution in [3.63, 3.8) is 0 Å². The Morgan fingerprint density at radius 2 is 1.52 bits per heavy atom. The summed E-state index contributed by atoms with van der Waals surface area (Å²) in [6, 6.07) is 26.6. The highest BCUT2D eigenvalue weighted by atomic mass is 16.2. The molecule has 1 atom stereocenters. The number of fused-ring (bicyclic) bond motifs is 1. The number of para-hydroxylation sites is 2. The van der Waals surface area contributed by atoms with E-state index in [0.29, 0.717) is 29.6 Å². The number of benzene rings is 3. The lowest BCUT2D eigenvalue weighted by atomic mass is 9.94. The molecule has 0 saturated heterocycles. The van der Waals surface area contributed by atoms with Gasteiger partial charge in [0.2, 0.25) is 0 Å². The van der Waals surface area contributed by atoms with Gasteiger partial charge in [-0.25, -0.2) is 14.3 Å². The molecule has 0 saturated carbocycles. The number of hydrogen-bond donors (Lipinski definition) is 0. The Balaban J connectivity index is 1.70. The zero-order valence-corrected chi connectivity index (χ0v) is 18.3. The second-order valence-corrected chi connectivity index (χ2v) is 8.19. The fraction of sp³-hybridized carbons (Fsp3) is 0.148. The summed E-state index contributed by atoms with van der Waals surface area (Å²) in [6.45, 7) is 0.432. The third-order valence-corrected chi connectivity index (χ3v) is 6.11. The van der Waals surface area contributed by atoms with E-state index >= 15 is 0 Å². The number of rotatable bonds is 6. The quantitative estimate of drug-likeness (QED) is 0.405. The van der Waals surface area contributed by atoms with Crippen LogP contribution in [0.1, 0.15) is 17.2 Å². The summed E-state index contributed by atoms with van der Waals surface area (Å²) in [7, 11) is 1.97. The van der Waals surface area contributed by atoms with Crippen LogP contribution in [0.25, 0.3) is 16.6 Å². The van der Waals surface area contributed by atoms with Gasteiger partial charge in [-0.05, 0) is 36.2 Å². The molecule has 2 aromatic heterocycles. The summed E-state index contributed by atoms with van der Waals surface area (Å²) in [6.07, 6.45) is 4.36. The number of imidazole rings is 1. The lowest BCUT2D eigenvalue weighted by molar-refractivity contribution is 0.529. The van der Waals surface area contributed by atoms with E-state index in [1.165, 1.54) is 4.57 Å². The van der Waals surface area contributed by atoms with E-state index in [9.17, 15) is 9.59 Å². The van der Waals surface area contributed by atoms with Gasteiger partial charge in [-0.15, -0.1) is 0 Å². The molecule has 5 rings (SSSR count). The van der Waals surface area contributed by atoms with Crippen LogP contribution in [0.4, 0.5) is 0 Å². The first-order chi connectivity index (χ1) is 16.1. The predicted molar refractivity (Wildman–Crippen MR) is 130 cm³/mol. The number of hydrogen-bond acceptors (Lipinski definition) is 3. The normalized spacial score (nSPS) is 12.2. The molecule has 0 fully saturated rings. The summed E-state index contributed by atoms with van der Waals surface area (Å²) < 4.78 is 5.01. The molecule has 0 bridgehead atoms. The Morgan fingerprint density at radius 3 is 2.21 bits per heavy atom. The summed E-state index contributed by atoms with van der Waals surface area (Å²) in [5.74, 6) is 0.0180. The van der Waals surface area contributed by atoms with Crippen LogP contribution in [-0.2, 0) is 20.0 Å². The molecule has 0 spiro atoms. The average Bonchev–Trinajstić information content (AvgIpc) is 3.26. The smallest absolute Gasteiger partial charge is 0.336 e. The lowest BCUT2D eigenvalue weighted by Crippen LogP contribution is -2.40. The maximum Gasteiger partial charge on any atom is 0.336 e. The van der Waals surface area contributed by atoms with Crippen LogP contribution in [-0.4, -0.2) is 18.7 Å². The van der Waals surface area contributed by atoms with Crippen molar-refractivity contribution in [3.05, 3.63) is 130 Å². The van der Waals surface area contributed by atoms with Gasteiger partial charge >= 0.3 is 5.69 Å². The van der Waals surface area contributed by atoms with Gasteiger partial charge in [0.25, 0.3) is 5.56 Å². The predicted octanol–water partition coefficient (Wildman–Crippen LogP) is 3.91. The Hall–Kier alpha value is -4.19. The zero-order valence-electron chi connectivity index (χ0n) is 18.3. The molecule has 0 amide bonds. The molecule has 5 aromatic rings. The van der Waals surface area contributed by atoms with Gasteiger partial charge in [0.05, 0.1) is 22.9 Å². The largest absolute Gasteiger partial charge is 0.338 e. The van der Waals surface area contributed by atoms with Crippen molar-refractivity contribution >= 4 is 10.9 Å². The van der Waals surface area contributed by atoms with Crippen LogP contribution in [0, 0.1) is 0 Å². The molecular weight excluding hydrogens is 412 g/mol. The van der Waals surface area contributed by atoms with E-state index in [1.54, 1.807) is 29.1 Å². The molecule has 0 N–H and O–H groups in total. The molecule has 0 aliphatic heterocycles. The number of aryl methyl sites for hydroxylation is 1. The fourth-order valence-electron chi connectivity index (χ4n) is 4.37. The van der Waals surface area contributed by atoms with Gasteiger partial charge in [0.15, 0.2) is 0 Å². The van der Waals surface area contributed by atoms with Crippen LogP contribution in [0.2, 0.25) is 0 Å². The first-order valence-electron chi connectivity index (χ1n) is 10.9. The second kappa shape index (κ2) is 8.74. The highest BCUT2D eigenvalue weighted by Gasteiger charge is 2.20. The van der Waals surface area contributed by atoms with Gasteiger partial charge in [-0.1, -0.05) is 60.7 Å². The topological polar surface area (TPSA) is 61.8 Å². The van der Waals surface area contributed by atoms with Crippen LogP contribution >= 0.6 is 0 Å². The van der Waals surface area contributed by atoms with Crippen molar-refractivity contribution in [3.8, 4) is 5.69 Å². The molecule has 0 aliphatic rings. The van der Waals surface area contributed by atoms with Crippen LogP contribution < -0.4 is 11.2 Å². The van der Waals surface area contributed by atoms with Crippen molar-refractivity contribution in [2.75, 3.05) is 0 Å². The molecule has 0 radical (unpaired) electrons. The van der Waals surface area contributed by atoms with E-state index in [1.807, 2.05) is 72.4 Å². The van der Waals surface area contributed by atoms with Gasteiger partial charge in [-0.3, -0.25) is 9.36 Å². The molecule has 3 aromatic carbocycles. The number of aromatic nitrogens is 4. The highest BCUT2D eigenvalue weighted by Crippen LogP contribution is 2.24. The van der Waals surface area contributed by atoms with Crippen molar-refractivity contribution < 1.29 is 0 Å². The van der Waals surface area contributed by atoms with E-state index < -0.39 is 0 Å². The summed E-state index contributed by atoms with van der Waals surface area (Å²) in [5.41, 5.74) is 2.78. The first kappa shape index (κ1) is 20.7. The van der Waals surface area contributed by atoms with Gasteiger partial charge in [0, 0.05) is 31.4 Å². The van der Waals surface area contributed by atoms with Crippen molar-refractivity contribution in [1.82, 2.24) is 18.7 Å². The van der Waals surface area contributed by atoms with E-state index in [-0.39, 0.29) is 17.2 Å². The number of nitrogens with zero attached hydrogens (tertiary/aromatic N) is 4. The maximum absolute atomic E-state index is 13.7. The van der Waals surface area contributed by atoms with Gasteiger partial charge in [-0.2, -0.15) is 0 Å². The Kier molecular flexibility index (Phi) is 5.48. The first-order valence-corrected chi connectivity index (χ1v) is 10.9. The molecule has 33 heavy (non-hydrogen) atoms. The zero-order chi connectivity index (χ0) is 22.8.